The first-order valence-corrected chi connectivity index (χ1v) is 8.12. The summed E-state index contributed by atoms with van der Waals surface area (Å²) in [4.78, 5) is 28.0. The van der Waals surface area contributed by atoms with Crippen molar-refractivity contribution in [1.29, 1.82) is 0 Å². The van der Waals surface area contributed by atoms with E-state index in [9.17, 15) is 4.79 Å². The van der Waals surface area contributed by atoms with E-state index < -0.39 is 0 Å². The molecule has 1 aromatic heterocycles. The summed E-state index contributed by atoms with van der Waals surface area (Å²) in [6.07, 6.45) is 5.74. The zero-order valence-electron chi connectivity index (χ0n) is 13.5. The fourth-order valence-electron chi connectivity index (χ4n) is 3.26. The molecule has 0 aromatic carbocycles. The summed E-state index contributed by atoms with van der Waals surface area (Å²) in [6.45, 7) is 5.53. The number of piperidine rings is 1. The van der Waals surface area contributed by atoms with Crippen molar-refractivity contribution in [2.45, 2.75) is 18.8 Å². The zero-order valence-corrected chi connectivity index (χ0v) is 13.5. The van der Waals surface area contributed by atoms with E-state index in [1.807, 2.05) is 11.1 Å². The largest absolute Gasteiger partial charge is 0.335 e. The predicted octanol–water partition coefficient (Wildman–Crippen LogP) is 0.673. The lowest BCUT2D eigenvalue weighted by atomic mass is 9.95. The molecule has 3 rings (SSSR count). The maximum Gasteiger partial charge on any atom is 0.274 e. The number of hydrogen-bond acceptors (Lipinski definition) is 5. The number of hydrogen-bond donors (Lipinski definition) is 0. The van der Waals surface area contributed by atoms with Crippen LogP contribution in [0.15, 0.2) is 12.4 Å². The molecule has 2 fully saturated rings. The van der Waals surface area contributed by atoms with Gasteiger partial charge in [0.15, 0.2) is 0 Å². The van der Waals surface area contributed by atoms with Gasteiger partial charge in [-0.3, -0.25) is 9.78 Å². The number of rotatable bonds is 2. The van der Waals surface area contributed by atoms with E-state index in [1.54, 1.807) is 6.20 Å². The summed E-state index contributed by atoms with van der Waals surface area (Å²) >= 11 is 0. The van der Waals surface area contributed by atoms with Gasteiger partial charge in [0.1, 0.15) is 5.69 Å². The number of nitrogens with zero attached hydrogens (tertiary/aromatic N) is 5. The first kappa shape index (κ1) is 15.4. The Hall–Kier alpha value is -1.53. The smallest absolute Gasteiger partial charge is 0.274 e. The van der Waals surface area contributed by atoms with Crippen molar-refractivity contribution in [3.63, 3.8) is 0 Å². The Kier molecular flexibility index (Phi) is 4.69. The van der Waals surface area contributed by atoms with Crippen molar-refractivity contribution in [3.05, 3.63) is 23.8 Å². The minimum Gasteiger partial charge on any atom is -0.335 e. The molecule has 6 heteroatoms. The van der Waals surface area contributed by atoms with Crippen LogP contribution < -0.4 is 0 Å². The Balaban J connectivity index is 1.71. The van der Waals surface area contributed by atoms with E-state index >= 15 is 0 Å². The Labute approximate surface area is 132 Å². The van der Waals surface area contributed by atoms with Crippen LogP contribution in [0, 0.1) is 0 Å². The highest BCUT2D eigenvalue weighted by Crippen LogP contribution is 2.24. The van der Waals surface area contributed by atoms with Crippen LogP contribution in [-0.2, 0) is 0 Å². The lowest BCUT2D eigenvalue weighted by molar-refractivity contribution is 0.0657. The molecule has 0 N–H and O–H groups in total. The van der Waals surface area contributed by atoms with Gasteiger partial charge in [0.05, 0.1) is 11.9 Å². The number of likely N-dealkylation sites (tertiary alicyclic amines) is 1. The molecular formula is C16H25N5O. The van der Waals surface area contributed by atoms with Crippen molar-refractivity contribution in [2.75, 3.05) is 53.4 Å². The number of amides is 1. The molecule has 2 aliphatic heterocycles. The summed E-state index contributed by atoms with van der Waals surface area (Å²) in [7, 11) is 4.22. The molecule has 0 saturated carbocycles. The van der Waals surface area contributed by atoms with E-state index in [0.29, 0.717) is 11.6 Å². The van der Waals surface area contributed by atoms with Crippen molar-refractivity contribution in [3.8, 4) is 0 Å². The highest BCUT2D eigenvalue weighted by atomic mass is 16.2. The van der Waals surface area contributed by atoms with Crippen LogP contribution >= 0.6 is 0 Å². The van der Waals surface area contributed by atoms with Crippen molar-refractivity contribution >= 4 is 5.91 Å². The van der Waals surface area contributed by atoms with Gasteiger partial charge in [-0.15, -0.1) is 0 Å². The quantitative estimate of drug-likeness (QED) is 0.804. The Bertz CT molecular complexity index is 527. The fraction of sp³-hybridized carbons (Fsp3) is 0.688. The predicted molar refractivity (Wildman–Crippen MR) is 84.9 cm³/mol. The van der Waals surface area contributed by atoms with Crippen LogP contribution in [0.3, 0.4) is 0 Å². The minimum atomic E-state index is 0.0200. The summed E-state index contributed by atoms with van der Waals surface area (Å²) < 4.78 is 0. The third kappa shape index (κ3) is 3.44. The summed E-state index contributed by atoms with van der Waals surface area (Å²) in [5.41, 5.74) is 1.46. The van der Waals surface area contributed by atoms with Crippen LogP contribution in [0.4, 0.5) is 0 Å². The average Bonchev–Trinajstić information content (AvgIpc) is 2.55. The topological polar surface area (TPSA) is 52.6 Å². The van der Waals surface area contributed by atoms with Gasteiger partial charge in [-0.25, -0.2) is 4.98 Å². The Morgan fingerprint density at radius 1 is 1.09 bits per heavy atom. The minimum absolute atomic E-state index is 0.0200. The van der Waals surface area contributed by atoms with Gasteiger partial charge in [0, 0.05) is 44.8 Å². The van der Waals surface area contributed by atoms with Gasteiger partial charge in [-0.1, -0.05) is 0 Å². The standard InChI is InChI=1S/C16H25N5O/c1-19-6-8-21(9-7-19)16(22)15-11-17-10-14(18-15)13-4-3-5-20(2)12-13/h10-11,13H,3-9,12H2,1-2H3/t13-/m1/s1. The van der Waals surface area contributed by atoms with E-state index in [-0.39, 0.29) is 5.91 Å². The van der Waals surface area contributed by atoms with E-state index in [0.717, 1.165) is 51.4 Å². The monoisotopic (exact) mass is 303 g/mol. The van der Waals surface area contributed by atoms with Crippen molar-refractivity contribution < 1.29 is 4.79 Å². The van der Waals surface area contributed by atoms with E-state index in [1.165, 1.54) is 6.42 Å². The second kappa shape index (κ2) is 6.71. The third-order valence-electron chi connectivity index (χ3n) is 4.71. The SMILES string of the molecule is CN1CCN(C(=O)c2cncc([C@@H]3CCCN(C)C3)n2)CC1. The van der Waals surface area contributed by atoms with Crippen LogP contribution in [0.5, 0.6) is 0 Å². The Morgan fingerprint density at radius 2 is 1.86 bits per heavy atom. The fourth-order valence-corrected chi connectivity index (χ4v) is 3.26. The summed E-state index contributed by atoms with van der Waals surface area (Å²) in [5.74, 6) is 0.415. The molecule has 0 unspecified atom stereocenters. The van der Waals surface area contributed by atoms with Crippen LogP contribution in [0.1, 0.15) is 34.9 Å². The van der Waals surface area contributed by atoms with E-state index in [2.05, 4.69) is 33.9 Å². The summed E-state index contributed by atoms with van der Waals surface area (Å²) in [5, 5.41) is 0. The molecule has 1 atom stereocenters. The number of aromatic nitrogens is 2. The third-order valence-corrected chi connectivity index (χ3v) is 4.71. The molecule has 0 radical (unpaired) electrons. The normalized spacial score (nSPS) is 24.5. The molecule has 2 saturated heterocycles. The summed E-state index contributed by atoms with van der Waals surface area (Å²) in [6, 6.07) is 0. The molecule has 6 nitrogen and oxygen atoms in total. The van der Waals surface area contributed by atoms with Crippen molar-refractivity contribution in [2.24, 2.45) is 0 Å². The van der Waals surface area contributed by atoms with Crippen LogP contribution in [-0.4, -0.2) is 83.9 Å². The molecule has 0 aliphatic carbocycles. The second-order valence-corrected chi connectivity index (χ2v) is 6.53. The van der Waals surface area contributed by atoms with Gasteiger partial charge in [-0.2, -0.15) is 0 Å². The molecule has 2 aliphatic rings. The lowest BCUT2D eigenvalue weighted by Crippen LogP contribution is -2.47. The molecule has 0 spiro atoms. The maximum atomic E-state index is 12.6. The number of likely N-dealkylation sites (N-methyl/N-ethyl adjacent to an activating group) is 2. The molecule has 1 amide bonds. The first-order valence-electron chi connectivity index (χ1n) is 8.12. The maximum absolute atomic E-state index is 12.6. The second-order valence-electron chi connectivity index (χ2n) is 6.53. The van der Waals surface area contributed by atoms with Crippen LogP contribution in [0.25, 0.3) is 0 Å². The molecule has 1 aromatic rings. The lowest BCUT2D eigenvalue weighted by Gasteiger charge is -2.32. The zero-order chi connectivity index (χ0) is 15.5. The number of carbonyl (C=O) groups excluding carboxylic acids is 1. The van der Waals surface area contributed by atoms with Gasteiger partial charge in [0.2, 0.25) is 0 Å². The molecule has 22 heavy (non-hydrogen) atoms. The number of carbonyl (C=O) groups is 1. The van der Waals surface area contributed by atoms with Crippen molar-refractivity contribution in [1.82, 2.24) is 24.7 Å². The molecule has 3 heterocycles. The molecule has 120 valence electrons. The van der Waals surface area contributed by atoms with Gasteiger partial charge in [-0.05, 0) is 33.5 Å². The Morgan fingerprint density at radius 3 is 2.59 bits per heavy atom. The van der Waals surface area contributed by atoms with E-state index in [4.69, 9.17) is 0 Å². The van der Waals surface area contributed by atoms with Gasteiger partial charge in [0.25, 0.3) is 5.91 Å². The van der Waals surface area contributed by atoms with Gasteiger partial charge < -0.3 is 14.7 Å². The molecular weight excluding hydrogens is 278 g/mol. The highest BCUT2D eigenvalue weighted by molar-refractivity contribution is 5.92. The average molecular weight is 303 g/mol. The van der Waals surface area contributed by atoms with Crippen LogP contribution in [0.2, 0.25) is 0 Å². The highest BCUT2D eigenvalue weighted by Gasteiger charge is 2.24. The van der Waals surface area contributed by atoms with Gasteiger partial charge >= 0.3 is 0 Å². The molecule has 0 bridgehead atoms. The number of piperazine rings is 1. The first-order chi connectivity index (χ1) is 10.6.